The molecule has 2 N–H and O–H groups in total. The minimum atomic E-state index is -0.788. The molecule has 4 rings (SSSR count). The van der Waals surface area contributed by atoms with Gasteiger partial charge in [0, 0.05) is 21.4 Å². The molecule has 10 heteroatoms. The summed E-state index contributed by atoms with van der Waals surface area (Å²) >= 11 is 24.2. The van der Waals surface area contributed by atoms with Gasteiger partial charge >= 0.3 is 0 Å². The smallest absolute Gasteiger partial charge is 0.265 e. The molecule has 0 aliphatic heterocycles. The summed E-state index contributed by atoms with van der Waals surface area (Å²) in [6.07, 6.45) is -1.58. The van der Waals surface area contributed by atoms with Gasteiger partial charge < -0.3 is 20.1 Å². The first-order chi connectivity index (χ1) is 19.9. The fourth-order valence-electron chi connectivity index (χ4n) is 4.07. The number of carbonyl (C=O) groups is 2. The average Bonchev–Trinajstić information content (AvgIpc) is 2.93. The topological polar surface area (TPSA) is 76.7 Å². The predicted molar refractivity (Wildman–Crippen MR) is 172 cm³/mol. The Morgan fingerprint density at radius 2 is 0.976 bits per heavy atom. The van der Waals surface area contributed by atoms with Crippen molar-refractivity contribution in [1.29, 1.82) is 0 Å². The molecule has 0 saturated heterocycles. The molecule has 6 nitrogen and oxygen atoms in total. The summed E-state index contributed by atoms with van der Waals surface area (Å²) < 4.78 is 11.4. The first-order valence-electron chi connectivity index (χ1n) is 13.0. The second-order valence-corrected chi connectivity index (χ2v) is 11.4. The Morgan fingerprint density at radius 3 is 1.31 bits per heavy atom. The van der Waals surface area contributed by atoms with Crippen LogP contribution in [0.15, 0.2) is 72.8 Å². The van der Waals surface area contributed by atoms with Crippen LogP contribution in [0.25, 0.3) is 11.1 Å². The fourth-order valence-corrected chi connectivity index (χ4v) is 4.97. The largest absolute Gasteiger partial charge is 0.479 e. The summed E-state index contributed by atoms with van der Waals surface area (Å²) in [4.78, 5) is 25.6. The van der Waals surface area contributed by atoms with E-state index >= 15 is 0 Å². The van der Waals surface area contributed by atoms with Gasteiger partial charge in [-0.1, -0.05) is 58.5 Å². The third-order valence-electron chi connectivity index (χ3n) is 6.44. The molecule has 218 valence electrons. The second-order valence-electron chi connectivity index (χ2n) is 9.71. The van der Waals surface area contributed by atoms with Crippen molar-refractivity contribution in [3.8, 4) is 22.6 Å². The van der Waals surface area contributed by atoms with E-state index < -0.39 is 12.2 Å². The maximum atomic E-state index is 12.8. The maximum Gasteiger partial charge on any atom is 0.265 e. The van der Waals surface area contributed by atoms with Gasteiger partial charge in [-0.15, -0.1) is 0 Å². The zero-order chi connectivity index (χ0) is 30.6. The molecule has 42 heavy (non-hydrogen) atoms. The first-order valence-corrected chi connectivity index (χ1v) is 14.5. The van der Waals surface area contributed by atoms with E-state index in [0.717, 1.165) is 22.3 Å². The quantitative estimate of drug-likeness (QED) is 0.190. The van der Waals surface area contributed by atoms with Gasteiger partial charge in [0.15, 0.2) is 12.2 Å². The standard InChI is InChI=1S/C32H28Cl4N2O4/c1-17-13-21(5-9-27(17)37-31(39)19(3)41-29-11-7-23(33)15-25(29)35)22-6-10-28(18(2)14-22)38-32(40)20(4)42-30-12-8-24(34)16-26(30)36/h5-16,19-20H,1-4H3,(H,37,39)(H,38,40). The zero-order valence-electron chi connectivity index (χ0n) is 23.2. The van der Waals surface area contributed by atoms with Crippen LogP contribution >= 0.6 is 46.4 Å². The highest BCUT2D eigenvalue weighted by atomic mass is 35.5. The number of hydrogen-bond donors (Lipinski definition) is 2. The van der Waals surface area contributed by atoms with Crippen LogP contribution in [0.2, 0.25) is 20.1 Å². The van der Waals surface area contributed by atoms with Gasteiger partial charge in [-0.25, -0.2) is 0 Å². The summed E-state index contributed by atoms with van der Waals surface area (Å²) in [6, 6.07) is 21.1. The van der Waals surface area contributed by atoms with Crippen molar-refractivity contribution in [2.45, 2.75) is 39.9 Å². The number of aryl methyl sites for hydroxylation is 2. The maximum absolute atomic E-state index is 12.8. The molecule has 0 radical (unpaired) electrons. The Balaban J connectivity index is 1.39. The van der Waals surface area contributed by atoms with Crippen LogP contribution in [0.5, 0.6) is 11.5 Å². The molecule has 0 aliphatic carbocycles. The van der Waals surface area contributed by atoms with Crippen LogP contribution in [-0.2, 0) is 9.59 Å². The highest BCUT2D eigenvalue weighted by Gasteiger charge is 2.19. The summed E-state index contributed by atoms with van der Waals surface area (Å²) in [5, 5.41) is 7.44. The molecule has 4 aromatic carbocycles. The molecule has 2 amide bonds. The fraction of sp³-hybridized carbons (Fsp3) is 0.188. The van der Waals surface area contributed by atoms with Crippen molar-refractivity contribution in [1.82, 2.24) is 0 Å². The molecule has 0 bridgehead atoms. The van der Waals surface area contributed by atoms with E-state index in [2.05, 4.69) is 10.6 Å². The van der Waals surface area contributed by atoms with Crippen LogP contribution in [0, 0.1) is 13.8 Å². The van der Waals surface area contributed by atoms with Gasteiger partial charge in [0.2, 0.25) is 0 Å². The van der Waals surface area contributed by atoms with Crippen LogP contribution in [0.1, 0.15) is 25.0 Å². The first kappa shape index (κ1) is 31.5. The van der Waals surface area contributed by atoms with Crippen LogP contribution < -0.4 is 20.1 Å². The molecule has 0 aromatic heterocycles. The van der Waals surface area contributed by atoms with E-state index in [9.17, 15) is 9.59 Å². The van der Waals surface area contributed by atoms with Gasteiger partial charge in [-0.2, -0.15) is 0 Å². The molecule has 0 fully saturated rings. The summed E-state index contributed by atoms with van der Waals surface area (Å²) in [5.41, 5.74) is 4.99. The van der Waals surface area contributed by atoms with E-state index in [1.54, 1.807) is 50.2 Å². The van der Waals surface area contributed by atoms with E-state index in [1.807, 2.05) is 50.2 Å². The average molecular weight is 646 g/mol. The van der Waals surface area contributed by atoms with Crippen molar-refractivity contribution >= 4 is 69.6 Å². The third-order valence-corrected chi connectivity index (χ3v) is 7.50. The third kappa shape index (κ3) is 7.90. The molecule has 0 spiro atoms. The highest BCUT2D eigenvalue weighted by molar-refractivity contribution is 6.36. The van der Waals surface area contributed by atoms with Gasteiger partial charge in [0.1, 0.15) is 11.5 Å². The van der Waals surface area contributed by atoms with Gasteiger partial charge in [-0.05, 0) is 111 Å². The number of nitrogens with one attached hydrogen (secondary N) is 2. The predicted octanol–water partition coefficient (Wildman–Crippen LogP) is 9.40. The van der Waals surface area contributed by atoms with E-state index in [-0.39, 0.29) is 11.8 Å². The van der Waals surface area contributed by atoms with Gasteiger partial charge in [0.05, 0.1) is 10.0 Å². The van der Waals surface area contributed by atoms with Crippen molar-refractivity contribution in [3.05, 3.63) is 104 Å². The minimum Gasteiger partial charge on any atom is -0.479 e. The van der Waals surface area contributed by atoms with E-state index in [1.165, 1.54) is 0 Å². The van der Waals surface area contributed by atoms with Gasteiger partial charge in [0.25, 0.3) is 11.8 Å². The summed E-state index contributed by atoms with van der Waals surface area (Å²) in [6.45, 7) is 7.12. The molecular weight excluding hydrogens is 618 g/mol. The Morgan fingerprint density at radius 1 is 0.595 bits per heavy atom. The Bertz CT molecular complexity index is 1520. The normalized spacial score (nSPS) is 12.3. The Hall–Kier alpha value is -3.42. The molecule has 0 heterocycles. The minimum absolute atomic E-state index is 0.315. The number of rotatable bonds is 9. The number of amides is 2. The van der Waals surface area contributed by atoms with Crippen molar-refractivity contribution < 1.29 is 19.1 Å². The van der Waals surface area contributed by atoms with Gasteiger partial charge in [-0.3, -0.25) is 9.59 Å². The molecule has 0 aliphatic rings. The summed E-state index contributed by atoms with van der Waals surface area (Å²) in [7, 11) is 0. The molecule has 2 unspecified atom stereocenters. The number of anilines is 2. The number of ether oxygens (including phenoxy) is 2. The van der Waals surface area contributed by atoms with Crippen molar-refractivity contribution in [2.75, 3.05) is 10.6 Å². The Labute approximate surface area is 264 Å². The number of carbonyl (C=O) groups excluding carboxylic acids is 2. The number of hydrogen-bond acceptors (Lipinski definition) is 4. The lowest BCUT2D eigenvalue weighted by Gasteiger charge is -2.18. The molecular formula is C32H28Cl4N2O4. The molecule has 2 atom stereocenters. The van der Waals surface area contributed by atoms with Crippen LogP contribution in [0.4, 0.5) is 11.4 Å². The highest BCUT2D eigenvalue weighted by Crippen LogP contribution is 2.31. The zero-order valence-corrected chi connectivity index (χ0v) is 26.3. The van der Waals surface area contributed by atoms with Crippen molar-refractivity contribution in [2.24, 2.45) is 0 Å². The molecule has 4 aromatic rings. The lowest BCUT2D eigenvalue weighted by Crippen LogP contribution is -2.30. The Kier molecular flexibility index (Phi) is 10.3. The van der Waals surface area contributed by atoms with Crippen LogP contribution in [0.3, 0.4) is 0 Å². The molecule has 0 saturated carbocycles. The van der Waals surface area contributed by atoms with Crippen molar-refractivity contribution in [3.63, 3.8) is 0 Å². The number of benzene rings is 4. The second kappa shape index (κ2) is 13.7. The lowest BCUT2D eigenvalue weighted by atomic mass is 9.99. The number of halogens is 4. The summed E-state index contributed by atoms with van der Waals surface area (Å²) in [5.74, 6) is 0.117. The van der Waals surface area contributed by atoms with E-state index in [0.29, 0.717) is 43.0 Å². The lowest BCUT2D eigenvalue weighted by molar-refractivity contribution is -0.122. The van der Waals surface area contributed by atoms with E-state index in [4.69, 9.17) is 55.9 Å². The monoisotopic (exact) mass is 644 g/mol. The van der Waals surface area contributed by atoms with Crippen LogP contribution in [-0.4, -0.2) is 24.0 Å². The SMILES string of the molecule is Cc1cc(-c2ccc(NC(=O)C(C)Oc3ccc(Cl)cc3Cl)c(C)c2)ccc1NC(=O)C(C)Oc1ccc(Cl)cc1Cl.